The van der Waals surface area contributed by atoms with Crippen LogP contribution in [0, 0.1) is 17.8 Å². The minimum Gasteiger partial charge on any atom is -0.495 e. The van der Waals surface area contributed by atoms with Gasteiger partial charge in [-0.05, 0) is 55.2 Å². The molecular formula is C21H32N3O4S+. The summed E-state index contributed by atoms with van der Waals surface area (Å²) in [5.41, 5.74) is 0.617. The molecule has 0 aliphatic heterocycles. The smallest absolute Gasteiger partial charge is 0.279 e. The summed E-state index contributed by atoms with van der Waals surface area (Å²) in [4.78, 5) is 12.8. The molecule has 4 fully saturated rings. The molecule has 8 heteroatoms. The zero-order valence-corrected chi connectivity index (χ0v) is 18.3. The SMILES string of the molecule is COc1ccc(S(=O)(=O)N(C)C)cc1NC(=O)C[NH2+]C12CC3CC(CC(C3)C1)C2. The fourth-order valence-electron chi connectivity index (χ4n) is 6.09. The summed E-state index contributed by atoms with van der Waals surface area (Å²) >= 11 is 0. The third kappa shape index (κ3) is 4.02. The number of sulfonamides is 1. The van der Waals surface area contributed by atoms with Crippen LogP contribution in [0.25, 0.3) is 0 Å². The number of carbonyl (C=O) groups excluding carboxylic acids is 1. The highest BCUT2D eigenvalue weighted by atomic mass is 32.2. The molecule has 29 heavy (non-hydrogen) atoms. The van der Waals surface area contributed by atoms with E-state index in [4.69, 9.17) is 4.74 Å². The van der Waals surface area contributed by atoms with Crippen LogP contribution in [-0.2, 0) is 14.8 Å². The molecule has 3 N–H and O–H groups in total. The van der Waals surface area contributed by atoms with Gasteiger partial charge in [0.2, 0.25) is 10.0 Å². The minimum atomic E-state index is -3.58. The predicted octanol–water partition coefficient (Wildman–Crippen LogP) is 1.42. The number of nitrogens with two attached hydrogens (primary N) is 1. The molecule has 4 aliphatic carbocycles. The molecule has 0 atom stereocenters. The van der Waals surface area contributed by atoms with Gasteiger partial charge in [-0.2, -0.15) is 0 Å². The van der Waals surface area contributed by atoms with E-state index in [1.54, 1.807) is 6.07 Å². The normalized spacial score (nSPS) is 30.6. The molecule has 4 aliphatic rings. The van der Waals surface area contributed by atoms with Crippen LogP contribution in [0.3, 0.4) is 0 Å². The monoisotopic (exact) mass is 422 g/mol. The number of carbonyl (C=O) groups is 1. The summed E-state index contributed by atoms with van der Waals surface area (Å²) in [6.45, 7) is 0.347. The Labute approximate surface area is 173 Å². The van der Waals surface area contributed by atoms with Crippen molar-refractivity contribution >= 4 is 21.6 Å². The van der Waals surface area contributed by atoms with Crippen molar-refractivity contribution in [2.45, 2.75) is 49.0 Å². The van der Waals surface area contributed by atoms with E-state index in [2.05, 4.69) is 10.6 Å². The lowest BCUT2D eigenvalue weighted by atomic mass is 9.53. The van der Waals surface area contributed by atoms with Crippen molar-refractivity contribution in [3.05, 3.63) is 18.2 Å². The van der Waals surface area contributed by atoms with Crippen LogP contribution in [0.4, 0.5) is 5.69 Å². The third-order valence-electron chi connectivity index (χ3n) is 7.03. The molecule has 5 rings (SSSR count). The quantitative estimate of drug-likeness (QED) is 0.695. The van der Waals surface area contributed by atoms with Crippen molar-refractivity contribution in [1.82, 2.24) is 4.31 Å². The Balaban J connectivity index is 1.44. The van der Waals surface area contributed by atoms with Crippen LogP contribution in [0.15, 0.2) is 23.1 Å². The van der Waals surface area contributed by atoms with Gasteiger partial charge in [0.15, 0.2) is 6.54 Å². The van der Waals surface area contributed by atoms with Gasteiger partial charge < -0.3 is 15.4 Å². The van der Waals surface area contributed by atoms with Gasteiger partial charge >= 0.3 is 0 Å². The van der Waals surface area contributed by atoms with Crippen molar-refractivity contribution in [2.24, 2.45) is 17.8 Å². The Morgan fingerprint density at radius 2 is 1.76 bits per heavy atom. The van der Waals surface area contributed by atoms with Crippen LogP contribution in [-0.4, -0.2) is 51.9 Å². The molecule has 0 spiro atoms. The lowest BCUT2D eigenvalue weighted by Crippen LogP contribution is -3.00. The number of hydrogen-bond acceptors (Lipinski definition) is 4. The lowest BCUT2D eigenvalue weighted by Gasteiger charge is -2.54. The van der Waals surface area contributed by atoms with E-state index in [1.807, 2.05) is 0 Å². The van der Waals surface area contributed by atoms with Gasteiger partial charge in [0, 0.05) is 33.4 Å². The number of methoxy groups -OCH3 is 1. The first-order chi connectivity index (χ1) is 13.7. The molecule has 1 amide bonds. The highest BCUT2D eigenvalue weighted by Crippen LogP contribution is 2.54. The van der Waals surface area contributed by atoms with Gasteiger partial charge in [-0.25, -0.2) is 12.7 Å². The number of ether oxygens (including phenoxy) is 1. The summed E-state index contributed by atoms with van der Waals surface area (Å²) in [6.07, 6.45) is 7.82. The van der Waals surface area contributed by atoms with Gasteiger partial charge in [0.25, 0.3) is 5.91 Å². The van der Waals surface area contributed by atoms with E-state index in [-0.39, 0.29) is 16.3 Å². The average molecular weight is 423 g/mol. The first-order valence-electron chi connectivity index (χ1n) is 10.5. The number of hydrogen-bond donors (Lipinski definition) is 2. The van der Waals surface area contributed by atoms with Crippen molar-refractivity contribution < 1.29 is 23.3 Å². The molecule has 7 nitrogen and oxygen atoms in total. The van der Waals surface area contributed by atoms with E-state index in [0.717, 1.165) is 22.1 Å². The molecular weight excluding hydrogens is 390 g/mol. The van der Waals surface area contributed by atoms with Crippen LogP contribution in [0.5, 0.6) is 5.75 Å². The summed E-state index contributed by atoms with van der Waals surface area (Å²) < 4.78 is 31.3. The van der Waals surface area contributed by atoms with Gasteiger partial charge in [-0.15, -0.1) is 0 Å². The Hall–Kier alpha value is -1.64. The highest BCUT2D eigenvalue weighted by molar-refractivity contribution is 7.89. The van der Waals surface area contributed by atoms with Crippen molar-refractivity contribution in [1.29, 1.82) is 0 Å². The second-order valence-corrected chi connectivity index (χ2v) is 11.5. The predicted molar refractivity (Wildman–Crippen MR) is 110 cm³/mol. The van der Waals surface area contributed by atoms with E-state index in [9.17, 15) is 13.2 Å². The third-order valence-corrected chi connectivity index (χ3v) is 8.84. The maximum Gasteiger partial charge on any atom is 0.279 e. The number of quaternary nitrogens is 1. The van der Waals surface area contributed by atoms with Crippen LogP contribution >= 0.6 is 0 Å². The number of amides is 1. The van der Waals surface area contributed by atoms with Gasteiger partial charge in [-0.1, -0.05) is 0 Å². The molecule has 1 aromatic rings. The molecule has 0 unspecified atom stereocenters. The Morgan fingerprint density at radius 1 is 1.17 bits per heavy atom. The molecule has 4 bridgehead atoms. The van der Waals surface area contributed by atoms with Crippen LogP contribution in [0.2, 0.25) is 0 Å². The van der Waals surface area contributed by atoms with E-state index in [0.29, 0.717) is 18.0 Å². The first-order valence-corrected chi connectivity index (χ1v) is 11.9. The van der Waals surface area contributed by atoms with E-state index >= 15 is 0 Å². The second kappa shape index (κ2) is 7.56. The second-order valence-electron chi connectivity index (χ2n) is 9.39. The standard InChI is InChI=1S/C21H31N3O4S/c1-24(2)29(26,27)17-4-5-19(28-3)18(9-17)23-20(25)13-22-21-10-14-6-15(11-21)8-16(7-14)12-21/h4-5,9,14-16,22H,6-8,10-13H2,1-3H3,(H,23,25)/p+1. The number of anilines is 1. The Morgan fingerprint density at radius 3 is 2.28 bits per heavy atom. The average Bonchev–Trinajstić information content (AvgIpc) is 2.65. The largest absolute Gasteiger partial charge is 0.495 e. The van der Waals surface area contributed by atoms with E-state index in [1.165, 1.54) is 71.9 Å². The minimum absolute atomic E-state index is 0.126. The first kappa shape index (κ1) is 20.6. The van der Waals surface area contributed by atoms with Crippen molar-refractivity contribution in [2.75, 3.05) is 33.1 Å². The highest BCUT2D eigenvalue weighted by Gasteiger charge is 2.53. The Bertz CT molecular complexity index is 862. The van der Waals surface area contributed by atoms with Gasteiger partial charge in [-0.3, -0.25) is 4.79 Å². The summed E-state index contributed by atoms with van der Waals surface area (Å²) in [5, 5.41) is 5.12. The molecule has 0 heterocycles. The maximum atomic E-state index is 12.7. The van der Waals surface area contributed by atoms with Crippen LogP contribution in [0.1, 0.15) is 38.5 Å². The number of nitrogens with zero attached hydrogens (tertiary/aromatic N) is 1. The summed E-state index contributed by atoms with van der Waals surface area (Å²) in [5.74, 6) is 2.85. The molecule has 0 radical (unpaired) electrons. The fourth-order valence-corrected chi connectivity index (χ4v) is 7.02. The van der Waals surface area contributed by atoms with E-state index < -0.39 is 10.0 Å². The topological polar surface area (TPSA) is 92.3 Å². The van der Waals surface area contributed by atoms with Crippen molar-refractivity contribution in [3.8, 4) is 5.75 Å². The molecule has 0 saturated heterocycles. The summed E-state index contributed by atoms with van der Waals surface area (Å²) in [7, 11) is 0.891. The maximum absolute atomic E-state index is 12.7. The number of rotatable bonds is 7. The molecule has 0 aromatic heterocycles. The zero-order valence-electron chi connectivity index (χ0n) is 17.5. The van der Waals surface area contributed by atoms with Crippen molar-refractivity contribution in [3.63, 3.8) is 0 Å². The number of benzene rings is 1. The number of nitrogens with one attached hydrogen (secondary N) is 1. The van der Waals surface area contributed by atoms with Crippen LogP contribution < -0.4 is 15.4 Å². The summed E-state index contributed by atoms with van der Waals surface area (Å²) in [6, 6.07) is 4.54. The zero-order chi connectivity index (χ0) is 20.8. The Kier molecular flexibility index (Phi) is 5.38. The molecule has 4 saturated carbocycles. The lowest BCUT2D eigenvalue weighted by molar-refractivity contribution is -0.729. The molecule has 160 valence electrons. The molecule has 1 aromatic carbocycles. The van der Waals surface area contributed by atoms with Gasteiger partial charge in [0.05, 0.1) is 23.2 Å². The van der Waals surface area contributed by atoms with Gasteiger partial charge in [0.1, 0.15) is 5.75 Å². The fraction of sp³-hybridized carbons (Fsp3) is 0.667.